The van der Waals surface area contributed by atoms with Crippen LogP contribution in [-0.2, 0) is 9.59 Å². The van der Waals surface area contributed by atoms with Gasteiger partial charge in [-0.25, -0.2) is 4.39 Å². The Labute approximate surface area is 133 Å². The Morgan fingerprint density at radius 3 is 2.95 bits per heavy atom. The van der Waals surface area contributed by atoms with Crippen LogP contribution in [0.2, 0.25) is 5.02 Å². The predicted octanol–water partition coefficient (Wildman–Crippen LogP) is 1.72. The highest BCUT2D eigenvalue weighted by atomic mass is 35.5. The molecule has 2 unspecified atom stereocenters. The third kappa shape index (κ3) is 3.96. The van der Waals surface area contributed by atoms with Crippen molar-refractivity contribution in [3.8, 4) is 0 Å². The van der Waals surface area contributed by atoms with E-state index in [1.165, 1.54) is 17.0 Å². The molecule has 1 aliphatic heterocycles. The molecule has 7 heteroatoms. The average molecular weight is 329 g/mol. The molecule has 1 saturated heterocycles. The lowest BCUT2D eigenvalue weighted by Crippen LogP contribution is -2.34. The summed E-state index contributed by atoms with van der Waals surface area (Å²) in [6.45, 7) is 2.21. The van der Waals surface area contributed by atoms with Gasteiger partial charge in [0.15, 0.2) is 0 Å². The van der Waals surface area contributed by atoms with E-state index in [1.54, 1.807) is 13.0 Å². The zero-order valence-electron chi connectivity index (χ0n) is 12.2. The Kier molecular flexibility index (Phi) is 5.37. The van der Waals surface area contributed by atoms with E-state index in [0.717, 1.165) is 0 Å². The molecule has 120 valence electrons. The molecule has 2 N–H and O–H groups in total. The molecule has 1 heterocycles. The Hall–Kier alpha value is -1.66. The first-order valence-electron chi connectivity index (χ1n) is 7.09. The maximum absolute atomic E-state index is 13.5. The van der Waals surface area contributed by atoms with Crippen LogP contribution in [0.3, 0.4) is 0 Å². The van der Waals surface area contributed by atoms with E-state index in [0.29, 0.717) is 18.7 Å². The molecule has 2 amide bonds. The largest absolute Gasteiger partial charge is 0.393 e. The number of halogens is 2. The molecular formula is C15H18ClFN2O3. The fourth-order valence-electron chi connectivity index (χ4n) is 2.33. The van der Waals surface area contributed by atoms with Gasteiger partial charge in [0.05, 0.1) is 17.0 Å². The van der Waals surface area contributed by atoms with Crippen LogP contribution in [0.4, 0.5) is 10.1 Å². The Morgan fingerprint density at radius 1 is 1.59 bits per heavy atom. The van der Waals surface area contributed by atoms with Gasteiger partial charge in [-0.05, 0) is 31.5 Å². The molecule has 2 atom stereocenters. The molecule has 2 rings (SSSR count). The maximum Gasteiger partial charge on any atom is 0.227 e. The van der Waals surface area contributed by atoms with Crippen molar-refractivity contribution < 1.29 is 19.1 Å². The van der Waals surface area contributed by atoms with Crippen LogP contribution in [0, 0.1) is 11.7 Å². The van der Waals surface area contributed by atoms with Crippen LogP contribution in [0.25, 0.3) is 0 Å². The summed E-state index contributed by atoms with van der Waals surface area (Å²) in [5.41, 5.74) is 0.395. The quantitative estimate of drug-likeness (QED) is 0.864. The van der Waals surface area contributed by atoms with Crippen LogP contribution >= 0.6 is 11.6 Å². The van der Waals surface area contributed by atoms with Gasteiger partial charge in [0.2, 0.25) is 11.8 Å². The molecule has 0 saturated carbocycles. The van der Waals surface area contributed by atoms with E-state index in [4.69, 9.17) is 16.7 Å². The van der Waals surface area contributed by atoms with Gasteiger partial charge in [-0.3, -0.25) is 9.59 Å². The summed E-state index contributed by atoms with van der Waals surface area (Å²) in [6.07, 6.45) is 0.0579. The number of carbonyl (C=O) groups excluding carboxylic acids is 2. The molecule has 22 heavy (non-hydrogen) atoms. The number of hydrogen-bond donors (Lipinski definition) is 2. The molecule has 0 radical (unpaired) electrons. The van der Waals surface area contributed by atoms with Crippen LogP contribution in [-0.4, -0.2) is 36.1 Å². The minimum atomic E-state index is -0.600. The van der Waals surface area contributed by atoms with Crippen molar-refractivity contribution >= 4 is 29.1 Å². The first kappa shape index (κ1) is 16.7. The van der Waals surface area contributed by atoms with Gasteiger partial charge < -0.3 is 15.3 Å². The van der Waals surface area contributed by atoms with Gasteiger partial charge in [-0.15, -0.1) is 0 Å². The summed E-state index contributed by atoms with van der Waals surface area (Å²) in [4.78, 5) is 25.4. The number of amides is 2. The minimum absolute atomic E-state index is 0.0113. The number of nitrogens with one attached hydrogen (secondary N) is 1. The van der Waals surface area contributed by atoms with Crippen molar-refractivity contribution in [2.45, 2.75) is 25.9 Å². The number of carbonyl (C=O) groups is 2. The summed E-state index contributed by atoms with van der Waals surface area (Å²) in [6, 6.07) is 4.13. The van der Waals surface area contributed by atoms with E-state index >= 15 is 0 Å². The fraction of sp³-hybridized carbons (Fsp3) is 0.467. The molecule has 0 spiro atoms. The molecule has 1 aliphatic rings. The monoisotopic (exact) mass is 328 g/mol. The lowest BCUT2D eigenvalue weighted by molar-refractivity contribution is -0.126. The van der Waals surface area contributed by atoms with Gasteiger partial charge in [-0.2, -0.15) is 0 Å². The molecule has 0 aliphatic carbocycles. The van der Waals surface area contributed by atoms with E-state index < -0.39 is 17.8 Å². The van der Waals surface area contributed by atoms with Crippen molar-refractivity contribution in [1.82, 2.24) is 5.32 Å². The Balaban J connectivity index is 1.98. The van der Waals surface area contributed by atoms with Gasteiger partial charge in [0, 0.05) is 25.2 Å². The zero-order chi connectivity index (χ0) is 16.3. The normalized spacial score (nSPS) is 19.4. The lowest BCUT2D eigenvalue weighted by atomic mass is 10.1. The summed E-state index contributed by atoms with van der Waals surface area (Å²) in [7, 11) is 0. The van der Waals surface area contributed by atoms with E-state index in [9.17, 15) is 14.0 Å². The third-order valence-electron chi connectivity index (χ3n) is 3.57. The third-order valence-corrected chi connectivity index (χ3v) is 3.88. The number of nitrogens with zero attached hydrogens (tertiary/aromatic N) is 1. The first-order valence-corrected chi connectivity index (χ1v) is 7.47. The summed E-state index contributed by atoms with van der Waals surface area (Å²) >= 11 is 5.62. The maximum atomic E-state index is 13.5. The zero-order valence-corrected chi connectivity index (χ0v) is 12.9. The van der Waals surface area contributed by atoms with E-state index in [1.807, 2.05) is 0 Å². The second-order valence-corrected chi connectivity index (χ2v) is 5.84. The second kappa shape index (κ2) is 7.07. The van der Waals surface area contributed by atoms with E-state index in [-0.39, 0.29) is 29.8 Å². The van der Waals surface area contributed by atoms with Gasteiger partial charge in [0.1, 0.15) is 5.82 Å². The first-order chi connectivity index (χ1) is 10.4. The number of hydrogen-bond acceptors (Lipinski definition) is 3. The molecule has 0 aromatic heterocycles. The number of rotatable bonds is 5. The smallest absolute Gasteiger partial charge is 0.227 e. The van der Waals surface area contributed by atoms with Crippen LogP contribution < -0.4 is 10.2 Å². The SMILES string of the molecule is CC(O)CCNC(=O)C1CC(=O)N(c2ccc(Cl)c(F)c2)C1. The van der Waals surface area contributed by atoms with Crippen molar-refractivity contribution in [2.75, 3.05) is 18.0 Å². The van der Waals surface area contributed by atoms with Crippen molar-refractivity contribution in [1.29, 1.82) is 0 Å². The average Bonchev–Trinajstić information content (AvgIpc) is 2.83. The molecule has 0 bridgehead atoms. The van der Waals surface area contributed by atoms with Crippen molar-refractivity contribution in [3.05, 3.63) is 29.0 Å². The standard InChI is InChI=1S/C15H18ClFN2O3/c1-9(20)4-5-18-15(22)10-6-14(21)19(8-10)11-2-3-12(16)13(17)7-11/h2-3,7,9-10,20H,4-6,8H2,1H3,(H,18,22). The fourth-order valence-corrected chi connectivity index (χ4v) is 2.45. The molecule has 1 aromatic rings. The summed E-state index contributed by atoms with van der Waals surface area (Å²) in [5.74, 6) is -1.53. The molecule has 5 nitrogen and oxygen atoms in total. The topological polar surface area (TPSA) is 69.6 Å². The number of aliphatic hydroxyl groups is 1. The Bertz CT molecular complexity index is 580. The highest BCUT2D eigenvalue weighted by Gasteiger charge is 2.35. The summed E-state index contributed by atoms with van der Waals surface area (Å²) < 4.78 is 13.5. The molecule has 1 fully saturated rings. The predicted molar refractivity (Wildman–Crippen MR) is 81.2 cm³/mol. The number of anilines is 1. The van der Waals surface area contributed by atoms with Crippen molar-refractivity contribution in [2.24, 2.45) is 5.92 Å². The van der Waals surface area contributed by atoms with Gasteiger partial charge in [-0.1, -0.05) is 11.6 Å². The highest BCUT2D eigenvalue weighted by molar-refractivity contribution is 6.30. The minimum Gasteiger partial charge on any atom is -0.393 e. The molecular weight excluding hydrogens is 311 g/mol. The number of aliphatic hydroxyl groups excluding tert-OH is 1. The van der Waals surface area contributed by atoms with E-state index in [2.05, 4.69) is 5.32 Å². The van der Waals surface area contributed by atoms with Crippen LogP contribution in [0.1, 0.15) is 19.8 Å². The van der Waals surface area contributed by atoms with Gasteiger partial charge >= 0.3 is 0 Å². The summed E-state index contributed by atoms with van der Waals surface area (Å²) in [5, 5.41) is 11.8. The lowest BCUT2D eigenvalue weighted by Gasteiger charge is -2.17. The second-order valence-electron chi connectivity index (χ2n) is 5.43. The Morgan fingerprint density at radius 2 is 2.32 bits per heavy atom. The highest BCUT2D eigenvalue weighted by Crippen LogP contribution is 2.28. The molecule has 1 aromatic carbocycles. The van der Waals surface area contributed by atoms with Crippen LogP contribution in [0.15, 0.2) is 18.2 Å². The van der Waals surface area contributed by atoms with Crippen LogP contribution in [0.5, 0.6) is 0 Å². The number of benzene rings is 1. The van der Waals surface area contributed by atoms with Gasteiger partial charge in [0.25, 0.3) is 0 Å². The van der Waals surface area contributed by atoms with Crippen molar-refractivity contribution in [3.63, 3.8) is 0 Å².